The zero-order valence-corrected chi connectivity index (χ0v) is 17.3. The fourth-order valence-corrected chi connectivity index (χ4v) is 4.17. The van der Waals surface area contributed by atoms with Gasteiger partial charge in [-0.05, 0) is 51.5 Å². The number of piperidine rings is 1. The van der Waals surface area contributed by atoms with Crippen LogP contribution in [0.4, 0.5) is 0 Å². The van der Waals surface area contributed by atoms with Crippen LogP contribution in [-0.4, -0.2) is 53.0 Å². The Labute approximate surface area is 173 Å². The minimum atomic E-state index is -0.163. The molecule has 0 unspecified atom stereocenters. The second kappa shape index (κ2) is 7.30. The van der Waals surface area contributed by atoms with Crippen molar-refractivity contribution >= 4 is 11.7 Å². The lowest BCUT2D eigenvalue weighted by atomic mass is 9.96. The second-order valence-corrected chi connectivity index (χ2v) is 8.50. The van der Waals surface area contributed by atoms with Gasteiger partial charge in [0, 0.05) is 43.0 Å². The van der Waals surface area contributed by atoms with Crippen molar-refractivity contribution in [3.8, 4) is 0 Å². The van der Waals surface area contributed by atoms with Gasteiger partial charge in [-0.1, -0.05) is 0 Å². The van der Waals surface area contributed by atoms with Crippen LogP contribution in [0, 0.1) is 19.8 Å². The molecule has 0 radical (unpaired) electrons. The van der Waals surface area contributed by atoms with E-state index in [1.807, 2.05) is 19.9 Å². The predicted molar refractivity (Wildman–Crippen MR) is 109 cm³/mol. The number of aryl methyl sites for hydroxylation is 2. The van der Waals surface area contributed by atoms with Crippen LogP contribution in [0.1, 0.15) is 59.3 Å². The van der Waals surface area contributed by atoms with Crippen molar-refractivity contribution in [2.24, 2.45) is 5.92 Å². The van der Waals surface area contributed by atoms with Gasteiger partial charge < -0.3 is 4.90 Å². The van der Waals surface area contributed by atoms with Gasteiger partial charge in [0.25, 0.3) is 17.2 Å². The molecule has 3 aromatic rings. The van der Waals surface area contributed by atoms with E-state index in [9.17, 15) is 9.59 Å². The Balaban J connectivity index is 1.23. The van der Waals surface area contributed by atoms with E-state index in [4.69, 9.17) is 0 Å². The zero-order chi connectivity index (χ0) is 20.8. The van der Waals surface area contributed by atoms with Gasteiger partial charge in [-0.15, -0.1) is 5.10 Å². The van der Waals surface area contributed by atoms with E-state index in [0.29, 0.717) is 37.2 Å². The Hall–Kier alpha value is -3.10. The first-order valence-electron chi connectivity index (χ1n) is 10.5. The number of likely N-dealkylation sites (tertiary alicyclic amines) is 1. The van der Waals surface area contributed by atoms with Gasteiger partial charge >= 0.3 is 0 Å². The molecule has 4 heterocycles. The van der Waals surface area contributed by atoms with Crippen molar-refractivity contribution in [1.29, 1.82) is 0 Å². The Kier molecular flexibility index (Phi) is 4.60. The maximum Gasteiger partial charge on any atom is 0.293 e. The average Bonchev–Trinajstić information content (AvgIpc) is 3.49. The Bertz CT molecular complexity index is 1170. The quantitative estimate of drug-likeness (QED) is 0.653. The lowest BCUT2D eigenvalue weighted by molar-refractivity contribution is 0.0670. The summed E-state index contributed by atoms with van der Waals surface area (Å²) in [6.07, 6.45) is 5.64. The number of hydrogen-bond acceptors (Lipinski definition) is 6. The van der Waals surface area contributed by atoms with E-state index in [1.165, 1.54) is 0 Å². The highest BCUT2D eigenvalue weighted by Crippen LogP contribution is 2.38. The van der Waals surface area contributed by atoms with E-state index >= 15 is 0 Å². The summed E-state index contributed by atoms with van der Waals surface area (Å²) in [7, 11) is 0. The Morgan fingerprint density at radius 2 is 1.87 bits per heavy atom. The lowest BCUT2D eigenvalue weighted by Crippen LogP contribution is -2.40. The summed E-state index contributed by atoms with van der Waals surface area (Å²) in [4.78, 5) is 40.2. The molecule has 1 aliphatic carbocycles. The van der Waals surface area contributed by atoms with E-state index in [1.54, 1.807) is 26.4 Å². The third-order valence-electron chi connectivity index (χ3n) is 6.06. The van der Waals surface area contributed by atoms with Crippen LogP contribution in [0.15, 0.2) is 23.3 Å². The highest BCUT2D eigenvalue weighted by Gasteiger charge is 2.28. The van der Waals surface area contributed by atoms with Gasteiger partial charge in [-0.3, -0.25) is 14.2 Å². The molecule has 1 saturated carbocycles. The second-order valence-electron chi connectivity index (χ2n) is 8.50. The monoisotopic (exact) mass is 407 g/mol. The molecule has 0 spiro atoms. The molecule has 0 atom stereocenters. The van der Waals surface area contributed by atoms with Gasteiger partial charge in [0.05, 0.1) is 12.0 Å². The van der Waals surface area contributed by atoms with Crippen molar-refractivity contribution in [1.82, 2.24) is 34.0 Å². The molecule has 9 nitrogen and oxygen atoms in total. The molecular formula is C21H25N7O2. The van der Waals surface area contributed by atoms with Crippen molar-refractivity contribution in [2.75, 3.05) is 13.1 Å². The third-order valence-corrected chi connectivity index (χ3v) is 6.06. The van der Waals surface area contributed by atoms with Crippen molar-refractivity contribution in [2.45, 2.75) is 52.0 Å². The molecule has 0 bridgehead atoms. The fourth-order valence-electron chi connectivity index (χ4n) is 4.17. The number of hydrogen-bond donors (Lipinski definition) is 0. The van der Waals surface area contributed by atoms with Crippen LogP contribution >= 0.6 is 0 Å². The molecule has 0 N–H and O–H groups in total. The number of rotatable bonds is 4. The van der Waals surface area contributed by atoms with Gasteiger partial charge in [0.1, 0.15) is 0 Å². The molecule has 0 aromatic carbocycles. The van der Waals surface area contributed by atoms with Crippen molar-refractivity contribution in [3.05, 3.63) is 51.7 Å². The normalized spacial score (nSPS) is 17.6. The molecule has 1 saturated heterocycles. The van der Waals surface area contributed by atoms with E-state index in [0.717, 1.165) is 42.8 Å². The summed E-state index contributed by atoms with van der Waals surface area (Å²) < 4.78 is 3.31. The molecule has 5 rings (SSSR count). The van der Waals surface area contributed by atoms with Crippen LogP contribution in [0.5, 0.6) is 0 Å². The van der Waals surface area contributed by atoms with Gasteiger partial charge in [0.15, 0.2) is 0 Å². The minimum absolute atomic E-state index is 0.0254. The maximum absolute atomic E-state index is 12.9. The van der Waals surface area contributed by atoms with Gasteiger partial charge in [-0.2, -0.15) is 4.98 Å². The first-order chi connectivity index (χ1) is 14.5. The topological polar surface area (TPSA) is 98.3 Å². The maximum atomic E-state index is 12.9. The van der Waals surface area contributed by atoms with Crippen LogP contribution in [0.25, 0.3) is 5.78 Å². The van der Waals surface area contributed by atoms with Crippen LogP contribution in [-0.2, 0) is 6.54 Å². The molecule has 1 amide bonds. The molecule has 2 aliphatic rings. The largest absolute Gasteiger partial charge is 0.336 e. The molecule has 30 heavy (non-hydrogen) atoms. The number of amides is 1. The fraction of sp³-hybridized carbons (Fsp3) is 0.524. The number of carbonyl (C=O) groups excluding carboxylic acids is 1. The molecule has 9 heteroatoms. The zero-order valence-electron chi connectivity index (χ0n) is 17.3. The molecule has 1 aliphatic heterocycles. The Morgan fingerprint density at radius 1 is 1.10 bits per heavy atom. The summed E-state index contributed by atoms with van der Waals surface area (Å²) in [6, 6.07) is 3.60. The summed E-state index contributed by atoms with van der Waals surface area (Å²) in [5.41, 5.74) is 2.70. The third kappa shape index (κ3) is 3.59. The first kappa shape index (κ1) is 18.9. The molecular weight excluding hydrogens is 382 g/mol. The summed E-state index contributed by atoms with van der Waals surface area (Å²) in [5, 5.41) is 4.35. The molecule has 3 aromatic heterocycles. The average molecular weight is 407 g/mol. The van der Waals surface area contributed by atoms with Crippen LogP contribution < -0.4 is 5.56 Å². The number of nitrogens with zero attached hydrogens (tertiary/aromatic N) is 7. The predicted octanol–water partition coefficient (Wildman–Crippen LogP) is 1.73. The summed E-state index contributed by atoms with van der Waals surface area (Å²) in [5.74, 6) is 1.31. The van der Waals surface area contributed by atoms with Gasteiger partial charge in [0.2, 0.25) is 5.82 Å². The minimum Gasteiger partial charge on any atom is -0.336 e. The van der Waals surface area contributed by atoms with E-state index in [2.05, 4.69) is 20.1 Å². The van der Waals surface area contributed by atoms with Gasteiger partial charge in [-0.25, -0.2) is 14.5 Å². The lowest BCUT2D eigenvalue weighted by Gasteiger charge is -2.31. The molecule has 2 fully saturated rings. The summed E-state index contributed by atoms with van der Waals surface area (Å²) >= 11 is 0. The highest BCUT2D eigenvalue weighted by atomic mass is 16.2. The van der Waals surface area contributed by atoms with Crippen molar-refractivity contribution < 1.29 is 4.79 Å². The first-order valence-corrected chi connectivity index (χ1v) is 10.5. The van der Waals surface area contributed by atoms with E-state index in [-0.39, 0.29) is 17.3 Å². The highest BCUT2D eigenvalue weighted by molar-refractivity contribution is 5.90. The number of carbonyl (C=O) groups is 1. The smallest absolute Gasteiger partial charge is 0.293 e. The van der Waals surface area contributed by atoms with Crippen molar-refractivity contribution in [3.63, 3.8) is 0 Å². The standard InChI is InChI=1S/C21H25N7O2/c1-13-9-14(2)28-21(23-13)24-19(25-28)20(30)26-7-5-15(6-8-26)11-27-12-22-17(10-18(27)29)16-3-4-16/h9-10,12,15-16H,3-8,11H2,1-2H3. The number of aromatic nitrogens is 6. The Morgan fingerprint density at radius 3 is 2.57 bits per heavy atom. The van der Waals surface area contributed by atoms with Crippen LogP contribution in [0.3, 0.4) is 0 Å². The van der Waals surface area contributed by atoms with E-state index < -0.39 is 0 Å². The summed E-state index contributed by atoms with van der Waals surface area (Å²) in [6.45, 7) is 5.73. The number of fused-ring (bicyclic) bond motifs is 1. The van der Waals surface area contributed by atoms with Crippen LogP contribution in [0.2, 0.25) is 0 Å². The molecule has 156 valence electrons. The SMILES string of the molecule is Cc1cc(C)n2nc(C(=O)N3CCC(Cn4cnc(C5CC5)cc4=O)CC3)nc2n1.